The second-order valence-corrected chi connectivity index (χ2v) is 4.07. The molecule has 2 heterocycles. The van der Waals surface area contributed by atoms with Crippen LogP contribution in [0.15, 0.2) is 12.1 Å². The molecule has 0 saturated carbocycles. The van der Waals surface area contributed by atoms with E-state index in [1.807, 2.05) is 0 Å². The van der Waals surface area contributed by atoms with E-state index in [0.29, 0.717) is 19.1 Å². The molecule has 6 heteroatoms. The van der Waals surface area contributed by atoms with Gasteiger partial charge in [-0.05, 0) is 18.6 Å². The van der Waals surface area contributed by atoms with E-state index in [0.717, 1.165) is 13.0 Å². The second-order valence-electron chi connectivity index (χ2n) is 3.68. The Morgan fingerprint density at radius 2 is 2.44 bits per heavy atom. The fourth-order valence-corrected chi connectivity index (χ4v) is 1.61. The Morgan fingerprint density at radius 3 is 3.06 bits per heavy atom. The van der Waals surface area contributed by atoms with Crippen molar-refractivity contribution in [2.45, 2.75) is 6.42 Å². The Labute approximate surface area is 98.2 Å². The molecule has 1 aliphatic rings. The third-order valence-corrected chi connectivity index (χ3v) is 2.64. The topological polar surface area (TPSA) is 64.1 Å². The monoisotopic (exact) mass is 241 g/mol. The van der Waals surface area contributed by atoms with Crippen LogP contribution in [-0.4, -0.2) is 35.9 Å². The minimum absolute atomic E-state index is 0.226. The third-order valence-electron chi connectivity index (χ3n) is 2.44. The first kappa shape index (κ1) is 11.3. The number of aromatic nitrogens is 2. The molecule has 16 heavy (non-hydrogen) atoms. The van der Waals surface area contributed by atoms with Crippen molar-refractivity contribution in [3.8, 4) is 0 Å². The quantitative estimate of drug-likeness (QED) is 0.854. The highest BCUT2D eigenvalue weighted by molar-refractivity contribution is 6.29. The molecular formula is C10H12ClN3O2. The van der Waals surface area contributed by atoms with Crippen molar-refractivity contribution in [2.75, 3.05) is 19.8 Å². The molecule has 1 fully saturated rings. The Balaban J connectivity index is 1.85. The standard InChI is InChI=1S/C10H12ClN3O2/c11-9-2-1-8(13-14-9)10(15)12-5-7-3-4-16-6-7/h1-2,7H,3-6H2,(H,12,15). The zero-order valence-corrected chi connectivity index (χ0v) is 9.41. The lowest BCUT2D eigenvalue weighted by molar-refractivity contribution is 0.0939. The fraction of sp³-hybridized carbons (Fsp3) is 0.500. The molecule has 2 rings (SSSR count). The summed E-state index contributed by atoms with van der Waals surface area (Å²) < 4.78 is 5.21. The first-order valence-corrected chi connectivity index (χ1v) is 5.48. The van der Waals surface area contributed by atoms with Gasteiger partial charge in [-0.1, -0.05) is 11.6 Å². The average Bonchev–Trinajstić information content (AvgIpc) is 2.80. The summed E-state index contributed by atoms with van der Waals surface area (Å²) in [6.07, 6.45) is 0.993. The largest absolute Gasteiger partial charge is 0.381 e. The van der Waals surface area contributed by atoms with Crippen LogP contribution in [0.3, 0.4) is 0 Å². The van der Waals surface area contributed by atoms with Crippen LogP contribution in [0.2, 0.25) is 5.15 Å². The average molecular weight is 242 g/mol. The summed E-state index contributed by atoms with van der Waals surface area (Å²) in [6, 6.07) is 3.10. The molecule has 0 aliphatic carbocycles. The highest BCUT2D eigenvalue weighted by atomic mass is 35.5. The van der Waals surface area contributed by atoms with E-state index in [4.69, 9.17) is 16.3 Å². The Hall–Kier alpha value is -1.20. The number of nitrogens with zero attached hydrogens (tertiary/aromatic N) is 2. The van der Waals surface area contributed by atoms with E-state index < -0.39 is 0 Å². The van der Waals surface area contributed by atoms with Gasteiger partial charge in [-0.2, -0.15) is 0 Å². The summed E-state index contributed by atoms with van der Waals surface area (Å²) in [5, 5.41) is 10.4. The van der Waals surface area contributed by atoms with E-state index in [-0.39, 0.29) is 16.8 Å². The lowest BCUT2D eigenvalue weighted by Crippen LogP contribution is -2.30. The molecule has 1 unspecified atom stereocenters. The zero-order chi connectivity index (χ0) is 11.4. The van der Waals surface area contributed by atoms with Gasteiger partial charge in [0.15, 0.2) is 10.8 Å². The zero-order valence-electron chi connectivity index (χ0n) is 8.65. The molecule has 1 aromatic rings. The molecule has 1 amide bonds. The predicted molar refractivity (Wildman–Crippen MR) is 58.3 cm³/mol. The van der Waals surface area contributed by atoms with Gasteiger partial charge in [-0.25, -0.2) is 0 Å². The van der Waals surface area contributed by atoms with Crippen LogP contribution >= 0.6 is 11.6 Å². The molecule has 0 spiro atoms. The number of ether oxygens (including phenoxy) is 1. The molecule has 1 atom stereocenters. The third kappa shape index (κ3) is 2.90. The molecular weight excluding hydrogens is 230 g/mol. The number of carbonyl (C=O) groups is 1. The molecule has 1 N–H and O–H groups in total. The van der Waals surface area contributed by atoms with Gasteiger partial charge in [0.05, 0.1) is 6.61 Å². The molecule has 0 aromatic carbocycles. The van der Waals surface area contributed by atoms with Crippen LogP contribution in [0.1, 0.15) is 16.9 Å². The van der Waals surface area contributed by atoms with Gasteiger partial charge >= 0.3 is 0 Å². The van der Waals surface area contributed by atoms with E-state index in [1.54, 1.807) is 12.1 Å². The molecule has 86 valence electrons. The van der Waals surface area contributed by atoms with E-state index in [9.17, 15) is 4.79 Å². The Kier molecular flexibility index (Phi) is 3.69. The van der Waals surface area contributed by atoms with Crippen LogP contribution < -0.4 is 5.32 Å². The molecule has 0 radical (unpaired) electrons. The van der Waals surface area contributed by atoms with Crippen molar-refractivity contribution in [3.63, 3.8) is 0 Å². The van der Waals surface area contributed by atoms with Crippen LogP contribution in [0.4, 0.5) is 0 Å². The van der Waals surface area contributed by atoms with Crippen molar-refractivity contribution in [3.05, 3.63) is 23.0 Å². The maximum Gasteiger partial charge on any atom is 0.271 e. The van der Waals surface area contributed by atoms with Crippen LogP contribution in [0.5, 0.6) is 0 Å². The first-order valence-electron chi connectivity index (χ1n) is 5.11. The number of halogens is 1. The highest BCUT2D eigenvalue weighted by Gasteiger charge is 2.17. The lowest BCUT2D eigenvalue weighted by atomic mass is 10.1. The molecule has 5 nitrogen and oxygen atoms in total. The van der Waals surface area contributed by atoms with Crippen LogP contribution in [0, 0.1) is 5.92 Å². The summed E-state index contributed by atoms with van der Waals surface area (Å²) in [4.78, 5) is 11.6. The molecule has 1 aromatic heterocycles. The number of rotatable bonds is 3. The number of hydrogen-bond donors (Lipinski definition) is 1. The van der Waals surface area contributed by atoms with Crippen molar-refractivity contribution in [1.82, 2.24) is 15.5 Å². The second kappa shape index (κ2) is 5.23. The van der Waals surface area contributed by atoms with Crippen molar-refractivity contribution in [2.24, 2.45) is 5.92 Å². The number of amides is 1. The highest BCUT2D eigenvalue weighted by Crippen LogP contribution is 2.10. The van der Waals surface area contributed by atoms with Gasteiger partial charge in [-0.3, -0.25) is 4.79 Å². The van der Waals surface area contributed by atoms with Gasteiger partial charge in [0.25, 0.3) is 5.91 Å². The maximum absolute atomic E-state index is 11.6. The normalized spacial score (nSPS) is 19.7. The lowest BCUT2D eigenvalue weighted by Gasteiger charge is -2.08. The smallest absolute Gasteiger partial charge is 0.271 e. The van der Waals surface area contributed by atoms with E-state index in [1.165, 1.54) is 0 Å². The van der Waals surface area contributed by atoms with Crippen molar-refractivity contribution < 1.29 is 9.53 Å². The minimum Gasteiger partial charge on any atom is -0.381 e. The Morgan fingerprint density at radius 1 is 1.56 bits per heavy atom. The minimum atomic E-state index is -0.226. The van der Waals surface area contributed by atoms with Gasteiger partial charge in [0.1, 0.15) is 0 Å². The number of nitrogens with one attached hydrogen (secondary N) is 1. The van der Waals surface area contributed by atoms with E-state index >= 15 is 0 Å². The van der Waals surface area contributed by atoms with E-state index in [2.05, 4.69) is 15.5 Å². The fourth-order valence-electron chi connectivity index (χ4n) is 1.51. The molecule has 1 aliphatic heterocycles. The van der Waals surface area contributed by atoms with Gasteiger partial charge in [-0.15, -0.1) is 10.2 Å². The number of carbonyl (C=O) groups excluding carboxylic acids is 1. The number of hydrogen-bond acceptors (Lipinski definition) is 4. The first-order chi connectivity index (χ1) is 7.75. The Bertz CT molecular complexity index is 363. The summed E-state index contributed by atoms with van der Waals surface area (Å²) >= 11 is 5.58. The predicted octanol–water partition coefficient (Wildman–Crippen LogP) is 0.896. The summed E-state index contributed by atoms with van der Waals surface area (Å²) in [7, 11) is 0. The van der Waals surface area contributed by atoms with Crippen LogP contribution in [0.25, 0.3) is 0 Å². The summed E-state index contributed by atoms with van der Waals surface area (Å²) in [5.41, 5.74) is 0.281. The van der Waals surface area contributed by atoms with Crippen LogP contribution in [-0.2, 0) is 4.74 Å². The van der Waals surface area contributed by atoms with Crippen molar-refractivity contribution in [1.29, 1.82) is 0 Å². The molecule has 0 bridgehead atoms. The van der Waals surface area contributed by atoms with Gasteiger partial charge in [0, 0.05) is 19.1 Å². The van der Waals surface area contributed by atoms with Gasteiger partial charge in [0.2, 0.25) is 0 Å². The van der Waals surface area contributed by atoms with Crippen molar-refractivity contribution >= 4 is 17.5 Å². The summed E-state index contributed by atoms with van der Waals surface area (Å²) in [5.74, 6) is 0.181. The maximum atomic E-state index is 11.6. The summed E-state index contributed by atoms with van der Waals surface area (Å²) in [6.45, 7) is 2.11. The molecule has 1 saturated heterocycles. The SMILES string of the molecule is O=C(NCC1CCOC1)c1ccc(Cl)nn1. The van der Waals surface area contributed by atoms with Gasteiger partial charge < -0.3 is 10.1 Å².